The Kier molecular flexibility index (Phi) is 6.64. The average molecular weight is 409 g/mol. The number of nitrogens with zero attached hydrogens (tertiary/aromatic N) is 1. The molecule has 0 saturated carbocycles. The van der Waals surface area contributed by atoms with Gasteiger partial charge in [0.1, 0.15) is 0 Å². The molecule has 4 atom stereocenters. The number of hydroxylamine groups is 2. The summed E-state index contributed by atoms with van der Waals surface area (Å²) in [5.41, 5.74) is 0.835. The molecule has 0 spiro atoms. The van der Waals surface area contributed by atoms with Gasteiger partial charge in [0.25, 0.3) is 0 Å². The molecule has 122 valence electrons. The molecule has 1 N–H and O–H groups in total. The number of hydrogen-bond acceptors (Lipinski definition) is 4. The normalized spacial score (nSPS) is 32.0. The Hall–Kier alpha value is 0.01000. The van der Waals surface area contributed by atoms with Crippen molar-refractivity contribution in [3.63, 3.8) is 0 Å². The van der Waals surface area contributed by atoms with Gasteiger partial charge in [0.15, 0.2) is 0 Å². The van der Waals surface area contributed by atoms with Crippen LogP contribution in [0.4, 0.5) is 0 Å². The summed E-state index contributed by atoms with van der Waals surface area (Å²) < 4.78 is 7.04. The molecule has 2 rings (SSSR count). The van der Waals surface area contributed by atoms with Gasteiger partial charge in [0.05, 0.1) is 0 Å². The zero-order valence-electron chi connectivity index (χ0n) is 13.3. The molecular weight excluding hydrogens is 383 g/mol. The van der Waals surface area contributed by atoms with E-state index in [-0.39, 0.29) is 38.6 Å². The van der Waals surface area contributed by atoms with Crippen molar-refractivity contribution in [3.8, 4) is 0 Å². The van der Waals surface area contributed by atoms with Crippen molar-refractivity contribution in [1.82, 2.24) is 5.17 Å². The molecule has 1 heterocycles. The second-order valence-corrected chi connectivity index (χ2v) is 7.97. The standard InChI is InChI=1S/C15H26IN2O3/c1-11-12(2)14(9-8-13(11)16-3)18(19)17(4)21-15-7-5-6-10-20-15/h8-9,11-12,15,18H,5-7,10H2,1-4H3/q-1. The molecule has 1 saturated heterocycles. The Bertz CT molecular complexity index is 408. The molecule has 1 aliphatic carbocycles. The molecule has 2 aliphatic rings. The number of halogens is 1. The molecule has 0 amide bonds. The molecule has 4 unspecified atom stereocenters. The first-order valence-corrected chi connectivity index (χ1v) is 10.8. The molecule has 1 fully saturated rings. The van der Waals surface area contributed by atoms with E-state index in [0.29, 0.717) is 5.92 Å². The van der Waals surface area contributed by atoms with Gasteiger partial charge in [0.2, 0.25) is 0 Å². The van der Waals surface area contributed by atoms with Gasteiger partial charge in [-0.25, -0.2) is 0 Å². The van der Waals surface area contributed by atoms with Crippen molar-refractivity contribution in [1.29, 1.82) is 0 Å². The third-order valence-corrected chi connectivity index (χ3v) is 6.85. The summed E-state index contributed by atoms with van der Waals surface area (Å²) in [7, 11) is 1.69. The summed E-state index contributed by atoms with van der Waals surface area (Å²) in [5.74, 6) is 0.696. The van der Waals surface area contributed by atoms with Crippen LogP contribution in [0.25, 0.3) is 0 Å². The topological polar surface area (TPSA) is 49.2 Å². The van der Waals surface area contributed by atoms with Crippen LogP contribution in [-0.4, -0.2) is 30.0 Å². The Morgan fingerprint density at radius 2 is 2.10 bits per heavy atom. The minimum absolute atomic E-state index is 0.0480. The fraction of sp³-hybridized carbons (Fsp3) is 0.733. The fourth-order valence-corrected chi connectivity index (χ4v) is 4.74. The number of alkyl halides is 1. The molecule has 5 nitrogen and oxygen atoms in total. The Morgan fingerprint density at radius 1 is 1.33 bits per heavy atom. The van der Waals surface area contributed by atoms with Crippen LogP contribution < -0.4 is 26.4 Å². The number of quaternary nitrogens is 1. The third kappa shape index (κ3) is 4.27. The summed E-state index contributed by atoms with van der Waals surface area (Å²) in [6, 6.07) is 0. The van der Waals surface area contributed by atoms with Gasteiger partial charge in [-0.1, -0.05) is 0 Å². The Labute approximate surface area is 137 Å². The van der Waals surface area contributed by atoms with Gasteiger partial charge >= 0.3 is 138 Å². The van der Waals surface area contributed by atoms with Gasteiger partial charge in [-0.05, 0) is 0 Å². The van der Waals surface area contributed by atoms with Crippen molar-refractivity contribution in [2.75, 3.05) is 18.6 Å². The second-order valence-electron chi connectivity index (χ2n) is 5.64. The van der Waals surface area contributed by atoms with Gasteiger partial charge in [0, 0.05) is 0 Å². The first-order chi connectivity index (χ1) is 10.0. The molecule has 6 heteroatoms. The molecule has 0 aromatic rings. The van der Waals surface area contributed by atoms with Crippen molar-refractivity contribution in [2.45, 2.75) is 39.4 Å². The van der Waals surface area contributed by atoms with Crippen molar-refractivity contribution < 1.29 is 36.0 Å². The van der Waals surface area contributed by atoms with E-state index in [0.717, 1.165) is 31.6 Å². The molecular formula is C15H26IN2O3-. The van der Waals surface area contributed by atoms with Gasteiger partial charge < -0.3 is 0 Å². The van der Waals surface area contributed by atoms with E-state index in [1.165, 1.54) is 8.75 Å². The van der Waals surface area contributed by atoms with E-state index in [4.69, 9.17) is 9.57 Å². The molecule has 0 bridgehead atoms. The van der Waals surface area contributed by atoms with Gasteiger partial charge in [-0.2, -0.15) is 0 Å². The first kappa shape index (κ1) is 17.4. The summed E-state index contributed by atoms with van der Waals surface area (Å²) in [6.07, 6.45) is 6.85. The number of rotatable bonds is 5. The zero-order chi connectivity index (χ0) is 15.4. The second kappa shape index (κ2) is 8.03. The summed E-state index contributed by atoms with van der Waals surface area (Å²) in [4.78, 5) is 7.92. The number of allylic oxidation sites excluding steroid dienone is 4. The Morgan fingerprint density at radius 3 is 2.71 bits per heavy atom. The van der Waals surface area contributed by atoms with E-state index < -0.39 is 0 Å². The van der Waals surface area contributed by atoms with Crippen molar-refractivity contribution in [3.05, 3.63) is 26.6 Å². The molecule has 1 aliphatic heterocycles. The fourth-order valence-electron chi connectivity index (χ4n) is 2.68. The van der Waals surface area contributed by atoms with E-state index in [9.17, 15) is 5.21 Å². The van der Waals surface area contributed by atoms with Crippen LogP contribution in [-0.2, 0) is 9.57 Å². The quantitative estimate of drug-likeness (QED) is 0.339. The van der Waals surface area contributed by atoms with Crippen LogP contribution >= 0.6 is 0 Å². The molecule has 0 radical (unpaired) electrons. The van der Waals surface area contributed by atoms with E-state index in [2.05, 4.69) is 24.9 Å². The monoisotopic (exact) mass is 409 g/mol. The number of ether oxygens (including phenoxy) is 1. The van der Waals surface area contributed by atoms with Crippen molar-refractivity contribution in [2.24, 2.45) is 11.8 Å². The Balaban J connectivity index is 1.99. The van der Waals surface area contributed by atoms with Crippen LogP contribution in [0.5, 0.6) is 0 Å². The van der Waals surface area contributed by atoms with Gasteiger partial charge in [-0.15, -0.1) is 0 Å². The maximum absolute atomic E-state index is 12.6. The average Bonchev–Trinajstić information content (AvgIpc) is 2.50. The van der Waals surface area contributed by atoms with Crippen LogP contribution in [0.3, 0.4) is 0 Å². The molecule has 0 aromatic heterocycles. The van der Waals surface area contributed by atoms with Crippen LogP contribution in [0.1, 0.15) is 33.1 Å². The summed E-state index contributed by atoms with van der Waals surface area (Å²) in [5, 5.41) is 13.9. The van der Waals surface area contributed by atoms with Crippen LogP contribution in [0.2, 0.25) is 0 Å². The van der Waals surface area contributed by atoms with Crippen LogP contribution in [0, 0.1) is 17.0 Å². The third-order valence-electron chi connectivity index (χ3n) is 4.26. The van der Waals surface area contributed by atoms with E-state index in [1.54, 1.807) is 7.05 Å². The van der Waals surface area contributed by atoms with Gasteiger partial charge in [-0.3, -0.25) is 0 Å². The van der Waals surface area contributed by atoms with Crippen molar-refractivity contribution >= 4 is 0 Å². The minimum atomic E-state index is -0.280. The molecule has 0 aromatic carbocycles. The maximum atomic E-state index is 12.6. The number of hydrogen-bond donors (Lipinski definition) is 1. The SMILES string of the molecule is C[I-]C1=CC=C([NH+]([O-])N(C)OC2CCCCO2)C(C)C1C. The van der Waals surface area contributed by atoms with Crippen LogP contribution in [0.15, 0.2) is 21.4 Å². The summed E-state index contributed by atoms with van der Waals surface area (Å²) in [6.45, 7) is 5.06. The number of nitrogens with one attached hydrogen (secondary N) is 1. The predicted molar refractivity (Wildman–Crippen MR) is 77.2 cm³/mol. The molecule has 21 heavy (non-hydrogen) atoms. The van der Waals surface area contributed by atoms with E-state index >= 15 is 0 Å². The first-order valence-electron chi connectivity index (χ1n) is 7.52. The zero-order valence-corrected chi connectivity index (χ0v) is 15.4. The van der Waals surface area contributed by atoms with E-state index in [1.807, 2.05) is 6.08 Å². The predicted octanol–water partition coefficient (Wildman–Crippen LogP) is -1.55. The summed E-state index contributed by atoms with van der Waals surface area (Å²) >= 11 is 0.0895.